The molecule has 0 unspecified atom stereocenters. The van der Waals surface area contributed by atoms with Crippen molar-refractivity contribution in [1.29, 1.82) is 5.53 Å². The van der Waals surface area contributed by atoms with Crippen LogP contribution in [-0.4, -0.2) is 25.8 Å². The number of fused-ring (bicyclic) bond motifs is 1. The van der Waals surface area contributed by atoms with E-state index in [2.05, 4.69) is 5.11 Å². The molecule has 0 aliphatic heterocycles. The van der Waals surface area contributed by atoms with E-state index in [0.717, 1.165) is 6.26 Å². The van der Waals surface area contributed by atoms with Gasteiger partial charge in [-0.3, -0.25) is 0 Å². The Balaban J connectivity index is 2.71. The maximum absolute atomic E-state index is 11.7. The van der Waals surface area contributed by atoms with Crippen LogP contribution in [0.1, 0.15) is 17.2 Å². The van der Waals surface area contributed by atoms with Crippen molar-refractivity contribution in [3.63, 3.8) is 0 Å². The smallest absolute Gasteiger partial charge is 0.175 e. The van der Waals surface area contributed by atoms with Crippen molar-refractivity contribution in [2.45, 2.75) is 12.1 Å². The predicted molar refractivity (Wildman–Crippen MR) is 63.2 cm³/mol. The van der Waals surface area contributed by atoms with Crippen molar-refractivity contribution in [3.05, 3.63) is 41.5 Å². The first-order chi connectivity index (χ1) is 7.95. The maximum Gasteiger partial charge on any atom is 0.175 e. The Labute approximate surface area is 99.2 Å². The lowest BCUT2D eigenvalue weighted by Gasteiger charge is -2.25. The minimum atomic E-state index is -3.40. The zero-order chi connectivity index (χ0) is 12.6. The van der Waals surface area contributed by atoms with Crippen LogP contribution in [-0.2, 0) is 9.84 Å². The number of hydrogen-bond acceptors (Lipinski definition) is 5. The number of nitrogens with zero attached hydrogens (tertiary/aromatic N) is 1. The highest BCUT2D eigenvalue weighted by molar-refractivity contribution is 8.00. The summed E-state index contributed by atoms with van der Waals surface area (Å²) in [5.41, 5.74) is 7.97. The first-order valence-electron chi connectivity index (χ1n) is 5.01. The lowest BCUT2D eigenvalue weighted by Crippen LogP contribution is -2.22. The molecule has 0 saturated heterocycles. The standard InChI is InChI=1S/C11H12N2O3S/c1-17(15,16)10-6-9(13-12)11(14)8-5-3-2-4-7(8)10/h2-6,9,11-12,14H,1H3/t9-,11+/m0/s1. The third-order valence-corrected chi connectivity index (χ3v) is 3.89. The van der Waals surface area contributed by atoms with Crippen LogP contribution >= 0.6 is 0 Å². The van der Waals surface area contributed by atoms with Crippen LogP contribution in [0.15, 0.2) is 35.5 Å². The van der Waals surface area contributed by atoms with Gasteiger partial charge in [-0.2, -0.15) is 5.11 Å². The van der Waals surface area contributed by atoms with Crippen LogP contribution in [0.3, 0.4) is 0 Å². The van der Waals surface area contributed by atoms with Crippen LogP contribution in [0, 0.1) is 5.53 Å². The number of aliphatic hydroxyl groups excluding tert-OH is 1. The second-order valence-corrected chi connectivity index (χ2v) is 5.94. The van der Waals surface area contributed by atoms with Gasteiger partial charge in [-0.25, -0.2) is 13.9 Å². The Morgan fingerprint density at radius 1 is 1.35 bits per heavy atom. The summed E-state index contributed by atoms with van der Waals surface area (Å²) < 4.78 is 23.3. The summed E-state index contributed by atoms with van der Waals surface area (Å²) in [6, 6.07) is 5.88. The molecule has 0 aromatic heterocycles. The molecule has 6 heteroatoms. The van der Waals surface area contributed by atoms with Crippen LogP contribution in [0.25, 0.3) is 4.91 Å². The quantitative estimate of drug-likeness (QED) is 0.782. The topological polar surface area (TPSA) is 90.6 Å². The third kappa shape index (κ3) is 2.01. The minimum Gasteiger partial charge on any atom is -0.386 e. The first-order valence-corrected chi connectivity index (χ1v) is 6.90. The van der Waals surface area contributed by atoms with E-state index in [1.54, 1.807) is 24.3 Å². The highest BCUT2D eigenvalue weighted by Gasteiger charge is 2.31. The lowest BCUT2D eigenvalue weighted by atomic mass is 9.92. The Bertz CT molecular complexity index is 592. The Kier molecular flexibility index (Phi) is 2.84. The molecule has 0 heterocycles. The maximum atomic E-state index is 11.7. The molecule has 1 aromatic rings. The van der Waals surface area contributed by atoms with E-state index in [-0.39, 0.29) is 4.91 Å². The van der Waals surface area contributed by atoms with Gasteiger partial charge in [0.05, 0.1) is 4.91 Å². The number of hydrogen-bond donors (Lipinski definition) is 2. The van der Waals surface area contributed by atoms with E-state index in [1.807, 2.05) is 0 Å². The molecule has 1 aromatic carbocycles. The highest BCUT2D eigenvalue weighted by atomic mass is 32.2. The van der Waals surface area contributed by atoms with Crippen LogP contribution in [0.5, 0.6) is 0 Å². The zero-order valence-electron chi connectivity index (χ0n) is 9.16. The Morgan fingerprint density at radius 2 is 2.00 bits per heavy atom. The van der Waals surface area contributed by atoms with E-state index in [9.17, 15) is 13.5 Å². The van der Waals surface area contributed by atoms with Crippen molar-refractivity contribution in [2.75, 3.05) is 6.26 Å². The first kappa shape index (κ1) is 11.9. The van der Waals surface area contributed by atoms with Crippen molar-refractivity contribution in [2.24, 2.45) is 5.11 Å². The largest absolute Gasteiger partial charge is 0.386 e. The van der Waals surface area contributed by atoms with E-state index >= 15 is 0 Å². The minimum absolute atomic E-state index is 0.124. The summed E-state index contributed by atoms with van der Waals surface area (Å²) in [7, 11) is -3.40. The molecule has 0 radical (unpaired) electrons. The number of benzene rings is 1. The molecule has 2 atom stereocenters. The van der Waals surface area contributed by atoms with Gasteiger partial charge in [0, 0.05) is 6.26 Å². The molecule has 1 aliphatic carbocycles. The Morgan fingerprint density at radius 3 is 2.59 bits per heavy atom. The molecule has 2 N–H and O–H groups in total. The van der Waals surface area contributed by atoms with Gasteiger partial charge in [-0.15, -0.1) is 0 Å². The molecule has 5 nitrogen and oxygen atoms in total. The van der Waals surface area contributed by atoms with Gasteiger partial charge in [-0.05, 0) is 17.2 Å². The number of nitrogens with one attached hydrogen (secondary N) is 1. The molecule has 0 fully saturated rings. The number of sulfone groups is 1. The van der Waals surface area contributed by atoms with E-state index in [0.29, 0.717) is 11.1 Å². The average Bonchev–Trinajstić information content (AvgIpc) is 2.28. The molecule has 17 heavy (non-hydrogen) atoms. The summed E-state index contributed by atoms with van der Waals surface area (Å²) in [6.07, 6.45) is 1.47. The fourth-order valence-corrected chi connectivity index (χ4v) is 2.90. The molecule has 0 bridgehead atoms. The molecule has 0 amide bonds. The summed E-state index contributed by atoms with van der Waals surface area (Å²) in [4.78, 5) is 0.124. The summed E-state index contributed by atoms with van der Waals surface area (Å²) in [5, 5.41) is 13.2. The van der Waals surface area contributed by atoms with Crippen LogP contribution < -0.4 is 0 Å². The molecular weight excluding hydrogens is 240 g/mol. The van der Waals surface area contributed by atoms with Gasteiger partial charge in [0.1, 0.15) is 12.1 Å². The van der Waals surface area contributed by atoms with Crippen molar-refractivity contribution >= 4 is 14.7 Å². The predicted octanol–water partition coefficient (Wildman–Crippen LogP) is 1.52. The lowest BCUT2D eigenvalue weighted by molar-refractivity contribution is 0.158. The van der Waals surface area contributed by atoms with Gasteiger partial charge in [0.2, 0.25) is 0 Å². The van der Waals surface area contributed by atoms with Crippen LogP contribution in [0.4, 0.5) is 0 Å². The average molecular weight is 252 g/mol. The van der Waals surface area contributed by atoms with Crippen molar-refractivity contribution < 1.29 is 13.5 Å². The number of aliphatic hydroxyl groups is 1. The summed E-state index contributed by atoms with van der Waals surface area (Å²) in [6.45, 7) is 0. The van der Waals surface area contributed by atoms with Gasteiger partial charge in [0.25, 0.3) is 0 Å². The van der Waals surface area contributed by atoms with Crippen LogP contribution in [0.2, 0.25) is 0 Å². The fraction of sp³-hybridized carbons (Fsp3) is 0.273. The molecule has 1 aliphatic rings. The second kappa shape index (κ2) is 4.05. The highest BCUT2D eigenvalue weighted by Crippen LogP contribution is 2.36. The van der Waals surface area contributed by atoms with E-state index < -0.39 is 22.0 Å². The zero-order valence-corrected chi connectivity index (χ0v) is 9.98. The third-order valence-electron chi connectivity index (χ3n) is 2.74. The fourth-order valence-electron chi connectivity index (χ4n) is 1.93. The van der Waals surface area contributed by atoms with E-state index in [4.69, 9.17) is 5.53 Å². The van der Waals surface area contributed by atoms with E-state index in [1.165, 1.54) is 6.08 Å². The van der Waals surface area contributed by atoms with Gasteiger partial charge >= 0.3 is 0 Å². The molecule has 2 rings (SSSR count). The normalized spacial score (nSPS) is 23.8. The van der Waals surface area contributed by atoms with Crippen molar-refractivity contribution in [3.8, 4) is 0 Å². The molecule has 0 saturated carbocycles. The molecular formula is C11H12N2O3S. The monoisotopic (exact) mass is 252 g/mol. The second-order valence-electron chi connectivity index (χ2n) is 3.95. The Hall–Kier alpha value is -1.53. The SMILES string of the molecule is CS(=O)(=O)C1=C[C@H](N=N)[C@H](O)c2ccccc21. The molecule has 0 spiro atoms. The van der Waals surface area contributed by atoms with Gasteiger partial charge in [0.15, 0.2) is 9.84 Å². The van der Waals surface area contributed by atoms with Crippen molar-refractivity contribution in [1.82, 2.24) is 0 Å². The van der Waals surface area contributed by atoms with Gasteiger partial charge in [-0.1, -0.05) is 24.3 Å². The summed E-state index contributed by atoms with van der Waals surface area (Å²) >= 11 is 0. The summed E-state index contributed by atoms with van der Waals surface area (Å²) in [5.74, 6) is 0. The number of rotatable bonds is 2. The van der Waals surface area contributed by atoms with Gasteiger partial charge < -0.3 is 5.11 Å². The molecule has 90 valence electrons.